The van der Waals surface area contributed by atoms with Crippen molar-refractivity contribution in [2.45, 2.75) is 193 Å². The second-order valence-electron chi connectivity index (χ2n) is 33.6. The summed E-state index contributed by atoms with van der Waals surface area (Å²) in [6.07, 6.45) is 13.9. The third-order valence-corrected chi connectivity index (χ3v) is 24.1. The average molecular weight is 1770 g/mol. The summed E-state index contributed by atoms with van der Waals surface area (Å²) >= 11 is 0. The van der Waals surface area contributed by atoms with Gasteiger partial charge in [-0.05, 0) is 142 Å². The number of fused-ring (bicyclic) bond motifs is 6. The molecule has 3 fully saturated rings. The number of ketones is 3. The van der Waals surface area contributed by atoms with Crippen molar-refractivity contribution in [1.82, 2.24) is 39.8 Å². The summed E-state index contributed by atoms with van der Waals surface area (Å²) in [4.78, 5) is 114. The van der Waals surface area contributed by atoms with Crippen molar-refractivity contribution in [3.05, 3.63) is 119 Å². The Morgan fingerprint density at radius 3 is 2.06 bits per heavy atom. The molecule has 2 saturated heterocycles. The van der Waals surface area contributed by atoms with E-state index in [0.29, 0.717) is 216 Å². The lowest BCUT2D eigenvalue weighted by Gasteiger charge is -2.42. The van der Waals surface area contributed by atoms with Crippen LogP contribution in [0.15, 0.2) is 107 Å². The summed E-state index contributed by atoms with van der Waals surface area (Å²) in [5.74, 6) is -8.86. The number of oxazole rings is 1. The van der Waals surface area contributed by atoms with Gasteiger partial charge in [0.1, 0.15) is 53.5 Å². The van der Waals surface area contributed by atoms with E-state index in [1.165, 1.54) is 25.1 Å². The lowest BCUT2D eigenvalue weighted by atomic mass is 9.79. The number of hydrogen-bond acceptors (Lipinski definition) is 30. The number of nitrogens with one attached hydrogen (secondary N) is 1. The summed E-state index contributed by atoms with van der Waals surface area (Å²) in [5.41, 5.74) is 19.9. The Labute approximate surface area is 743 Å². The van der Waals surface area contributed by atoms with E-state index < -0.39 is 102 Å². The number of ether oxygens (including phenoxy) is 14. The number of aromatic nitrogens is 5. The van der Waals surface area contributed by atoms with Gasteiger partial charge in [0.25, 0.3) is 17.7 Å². The molecule has 34 heteroatoms. The minimum absolute atomic E-state index is 0.0158. The number of nitrogen functional groups attached to an aromatic ring is 2. The molecule has 34 nitrogen and oxygen atoms in total. The molecular weight excluding hydrogens is 1640 g/mol. The van der Waals surface area contributed by atoms with Gasteiger partial charge in [-0.1, -0.05) is 89.3 Å². The molecule has 1 aliphatic carbocycles. The fraction of sp³-hybridized carbons (Fsp3) is 0.624. The standard InChI is InChI=1S/C93H132N10O24/c1-59-16-12-11-13-17-60(2)77(113-8)54-71-24-19-65(7)93(112,127-71)86(108)89(109)102-30-15-14-18-73(102)90(110)124-78(55-74(104)61(3)49-64(6)84(107)85(115-10)83(106)63(5)48-59)62(4)50-66-21-25-76(79(52-66)114-9)126-92(111)96-29-33-117-35-37-119-39-41-121-43-45-123-47-46-122-44-42-120-40-38-118-36-34-116-32-28-80(105)101-31-27-68-51-67(20-22-70(68)57-101)56-103-88-81(87(94)97-58-98-88)82(100-103)69-23-26-75-72(53-69)99-91(95)125-75/h11-13,16-17,20,22-23,26,49,51,53,55,58-59,61-63,65-66,71,73,76-77,79,84-85,107,112H,14-15,18-19,21,24-25,27-48,50,52,54,56-57H2,1-10H3,(H2,95,99)(H,96,111)(H2,94,97,98)/b13-11+,16-12+,60-17+,64-49+,78-55+/t59-,61-,62-,63-,65-,66+,71+,73+,76-,77+,79-,84-,85+,93-/m1/s1. The summed E-state index contributed by atoms with van der Waals surface area (Å²) in [7, 11) is 4.46. The normalized spacial score (nSPS) is 26.8. The number of aliphatic hydroxyl groups excluding tert-OH is 1. The molecule has 1 saturated carbocycles. The van der Waals surface area contributed by atoms with E-state index in [9.17, 15) is 43.8 Å². The lowest BCUT2D eigenvalue weighted by Crippen LogP contribution is -2.60. The van der Waals surface area contributed by atoms with Gasteiger partial charge in [-0.25, -0.2) is 24.2 Å². The molecule has 5 aromatic rings. The molecule has 10 rings (SSSR count). The van der Waals surface area contributed by atoms with Crippen LogP contribution in [0.2, 0.25) is 0 Å². The number of amides is 3. The van der Waals surface area contributed by atoms with E-state index in [0.717, 1.165) is 33.6 Å². The number of esters is 1. The van der Waals surface area contributed by atoms with Crippen LogP contribution < -0.4 is 16.8 Å². The van der Waals surface area contributed by atoms with E-state index in [1.54, 1.807) is 54.1 Å². The molecule has 4 aliphatic heterocycles. The van der Waals surface area contributed by atoms with Gasteiger partial charge in [0.15, 0.2) is 22.8 Å². The average Bonchev–Trinajstić information content (AvgIpc) is 1.71. The number of carbonyl (C=O) groups excluding carboxylic acids is 7. The van der Waals surface area contributed by atoms with Crippen molar-refractivity contribution in [2.75, 3.05) is 158 Å². The van der Waals surface area contributed by atoms with E-state index in [1.807, 2.05) is 72.9 Å². The molecular formula is C93H132N10O24. The minimum Gasteiger partial charge on any atom is -0.443 e. The maximum Gasteiger partial charge on any atom is 0.407 e. The Bertz CT molecular complexity index is 4580. The summed E-state index contributed by atoms with van der Waals surface area (Å²) in [6, 6.07) is 10.7. The number of anilines is 2. The molecule has 0 spiro atoms. The Morgan fingerprint density at radius 1 is 0.709 bits per heavy atom. The first-order chi connectivity index (χ1) is 61.3. The topological polar surface area (TPSA) is 429 Å². The third-order valence-electron chi connectivity index (χ3n) is 24.1. The molecule has 7 N–H and O–H groups in total. The largest absolute Gasteiger partial charge is 0.443 e. The maximum atomic E-state index is 14.7. The fourth-order valence-electron chi connectivity index (χ4n) is 16.8. The number of benzene rings is 2. The minimum atomic E-state index is -2.50. The quantitative estimate of drug-likeness (QED) is 0.0107. The molecule has 5 aliphatic rings. The smallest absolute Gasteiger partial charge is 0.407 e. The molecule has 127 heavy (non-hydrogen) atoms. The van der Waals surface area contributed by atoms with Gasteiger partial charge in [0, 0.05) is 89.2 Å². The molecule has 3 aromatic heterocycles. The van der Waals surface area contributed by atoms with E-state index in [2.05, 4.69) is 38.5 Å². The summed E-state index contributed by atoms with van der Waals surface area (Å²) in [6.45, 7) is 20.0. The van der Waals surface area contributed by atoms with E-state index in [-0.39, 0.29) is 74.3 Å². The van der Waals surface area contributed by atoms with Crippen molar-refractivity contribution in [2.24, 2.45) is 35.5 Å². The second-order valence-corrected chi connectivity index (χ2v) is 33.6. The number of nitrogens with zero attached hydrogens (tertiary/aromatic N) is 7. The first kappa shape index (κ1) is 100. The highest BCUT2D eigenvalue weighted by Crippen LogP contribution is 2.40. The Hall–Kier alpha value is -9.11. The number of methoxy groups -OCH3 is 3. The zero-order chi connectivity index (χ0) is 90.9. The number of nitrogens with two attached hydrogens (primary N) is 2. The Morgan fingerprint density at radius 2 is 1.39 bits per heavy atom. The van der Waals surface area contributed by atoms with Crippen LogP contribution in [0.3, 0.4) is 0 Å². The van der Waals surface area contributed by atoms with Crippen LogP contribution in [0, 0.1) is 35.5 Å². The number of carbonyl (C=O) groups is 7. The van der Waals surface area contributed by atoms with Gasteiger partial charge in [-0.15, -0.1) is 0 Å². The highest BCUT2D eigenvalue weighted by atomic mass is 16.6. The fourth-order valence-corrected chi connectivity index (χ4v) is 16.8. The van der Waals surface area contributed by atoms with Crippen molar-refractivity contribution in [1.29, 1.82) is 0 Å². The maximum absolute atomic E-state index is 14.7. The molecule has 0 unspecified atom stereocenters. The van der Waals surface area contributed by atoms with Gasteiger partial charge in [0.05, 0.1) is 142 Å². The molecule has 2 bridgehead atoms. The molecule has 0 radical (unpaired) electrons. The number of allylic oxidation sites excluding steroid dienone is 8. The van der Waals surface area contributed by atoms with Crippen molar-refractivity contribution in [3.63, 3.8) is 0 Å². The van der Waals surface area contributed by atoms with Crippen LogP contribution in [0.1, 0.15) is 142 Å². The van der Waals surface area contributed by atoms with E-state index in [4.69, 9.17) is 87.3 Å². The monoisotopic (exact) mass is 1770 g/mol. The van der Waals surface area contributed by atoms with Crippen LogP contribution in [0.25, 0.3) is 33.4 Å². The second kappa shape index (κ2) is 50.7. The highest BCUT2D eigenvalue weighted by molar-refractivity contribution is 6.39. The molecule has 7 heterocycles. The van der Waals surface area contributed by atoms with Gasteiger partial charge < -0.3 is 108 Å². The SMILES string of the molecule is CO[C@H]1C[C@@H]2CC[C@@H](C)[C@@](O)(O2)C(=O)C(=O)N2CCCC[C@H]2C(=O)O/C([C@H](C)C[C@@H]2CC[C@@H](OC(=O)NCCOCCOCCOCCOCCOCCOCCOCCOCCC(=O)N3CCc4cc(Cn5nc(-c6ccc7oc(N)nc7c6)c6c(N)ncnc65)ccc4C3)[C@H](OC)C2)=C/C(=O)[C@H](C)/C=C(\C)[C@@H](O)[C@@H](OC)C(=O)[C@H](C)C[C@H](C)/C=C/C=C/C=C/1C. The first-order valence-electron chi connectivity index (χ1n) is 44.6. The van der Waals surface area contributed by atoms with Crippen molar-refractivity contribution < 1.29 is 115 Å². The summed E-state index contributed by atoms with van der Waals surface area (Å²) < 4.78 is 88.1. The Kier molecular flexibility index (Phi) is 40.0. The number of piperidine rings is 1. The predicted molar refractivity (Wildman–Crippen MR) is 470 cm³/mol. The molecule has 3 amide bonds. The van der Waals surface area contributed by atoms with Crippen LogP contribution >= 0.6 is 0 Å². The first-order valence-corrected chi connectivity index (χ1v) is 44.6. The van der Waals surface area contributed by atoms with E-state index >= 15 is 0 Å². The van der Waals surface area contributed by atoms with Gasteiger partial charge in [0.2, 0.25) is 11.7 Å². The van der Waals surface area contributed by atoms with Gasteiger partial charge >= 0.3 is 12.1 Å². The number of rotatable bonds is 37. The number of hydrogen-bond donors (Lipinski definition) is 5. The zero-order valence-electron chi connectivity index (χ0n) is 75.3. The number of alkyl carbamates (subject to hydrolysis) is 1. The predicted octanol–water partition coefficient (Wildman–Crippen LogP) is 9.31. The van der Waals surface area contributed by atoms with Crippen molar-refractivity contribution >= 4 is 75.2 Å². The van der Waals surface area contributed by atoms with Crippen molar-refractivity contribution in [3.8, 4) is 11.3 Å². The van der Waals surface area contributed by atoms with Crippen LogP contribution in [-0.4, -0.2) is 281 Å². The van der Waals surface area contributed by atoms with Gasteiger partial charge in [-0.3, -0.25) is 24.0 Å². The number of aliphatic hydroxyl groups is 2. The van der Waals surface area contributed by atoms with Gasteiger partial charge in [-0.2, -0.15) is 10.1 Å². The highest BCUT2D eigenvalue weighted by Gasteiger charge is 2.53. The number of Topliss-reactive ketones (excluding diaryl/α,β-unsaturated/α-hetero) is 2. The third kappa shape index (κ3) is 29.2. The zero-order valence-corrected chi connectivity index (χ0v) is 75.3. The van der Waals surface area contributed by atoms with Crippen LogP contribution in [0.4, 0.5) is 16.6 Å². The van der Waals surface area contributed by atoms with Crippen LogP contribution in [-0.2, 0) is 115 Å². The molecule has 2 aromatic carbocycles. The molecule has 698 valence electrons. The lowest BCUT2D eigenvalue weighted by molar-refractivity contribution is -0.265. The Balaban J connectivity index is 0.555. The summed E-state index contributed by atoms with van der Waals surface area (Å²) in [5, 5.41) is 32.1. The number of cyclic esters (lactones) is 1. The van der Waals surface area contributed by atoms with Crippen LogP contribution in [0.5, 0.6) is 0 Å². The molecule has 14 atom stereocenters.